The largest absolute Gasteiger partial charge is 0.457 e. The van der Waals surface area contributed by atoms with Gasteiger partial charge in [0.25, 0.3) is 5.91 Å². The van der Waals surface area contributed by atoms with Crippen molar-refractivity contribution in [3.63, 3.8) is 0 Å². The van der Waals surface area contributed by atoms with E-state index >= 15 is 0 Å². The first-order chi connectivity index (χ1) is 12.6. The number of hydrogen-bond acceptors (Lipinski definition) is 3. The highest BCUT2D eigenvalue weighted by Gasteiger charge is 2.23. The van der Waals surface area contributed by atoms with Crippen LogP contribution in [0.15, 0.2) is 75.0 Å². The van der Waals surface area contributed by atoms with E-state index in [1.165, 1.54) is 23.9 Å². The summed E-state index contributed by atoms with van der Waals surface area (Å²) in [7, 11) is 0. The number of thioether (sulfide) groups is 1. The fraction of sp³-hybridized carbons (Fsp3) is 0.0476. The number of benzene rings is 2. The Kier molecular flexibility index (Phi) is 4.31. The molecule has 4 rings (SSSR count). The number of aliphatic imine (C=N–C) groups is 1. The number of carbonyl (C=O) groups is 1. The molecule has 1 aliphatic heterocycles. The first kappa shape index (κ1) is 16.5. The minimum absolute atomic E-state index is 0.273. The molecule has 2 heterocycles. The zero-order chi connectivity index (χ0) is 18.1. The van der Waals surface area contributed by atoms with Crippen LogP contribution in [0.25, 0.3) is 17.4 Å². The molecule has 0 unspecified atom stereocenters. The average molecular weight is 363 g/mol. The fourth-order valence-corrected chi connectivity index (χ4v) is 3.46. The third kappa shape index (κ3) is 3.39. The Morgan fingerprint density at radius 2 is 1.65 bits per heavy atom. The molecule has 26 heavy (non-hydrogen) atoms. The number of rotatable bonds is 3. The van der Waals surface area contributed by atoms with Crippen molar-refractivity contribution in [2.45, 2.75) is 6.92 Å². The lowest BCUT2D eigenvalue weighted by molar-refractivity contribution is -0.113. The van der Waals surface area contributed by atoms with E-state index in [1.807, 2.05) is 31.2 Å². The Labute approximate surface area is 154 Å². The van der Waals surface area contributed by atoms with E-state index in [1.54, 1.807) is 30.3 Å². The second-order valence-electron chi connectivity index (χ2n) is 5.91. The van der Waals surface area contributed by atoms with Gasteiger partial charge in [0.05, 0.1) is 4.91 Å². The quantitative estimate of drug-likeness (QED) is 0.581. The van der Waals surface area contributed by atoms with Crippen LogP contribution in [0.3, 0.4) is 0 Å². The highest BCUT2D eigenvalue weighted by molar-refractivity contribution is 8.19. The van der Waals surface area contributed by atoms with Crippen molar-refractivity contribution in [1.29, 1.82) is 0 Å². The summed E-state index contributed by atoms with van der Waals surface area (Å²) >= 11 is 1.33. The maximum absolute atomic E-state index is 13.0. The second-order valence-corrected chi connectivity index (χ2v) is 6.94. The molecule has 3 nitrogen and oxygen atoms in total. The zero-order valence-electron chi connectivity index (χ0n) is 13.9. The summed E-state index contributed by atoms with van der Waals surface area (Å²) in [6.07, 6.45) is 1.69. The molecule has 5 heteroatoms. The first-order valence-corrected chi connectivity index (χ1v) is 8.85. The number of carbonyl (C=O) groups excluding carboxylic acids is 1. The Morgan fingerprint density at radius 3 is 2.38 bits per heavy atom. The summed E-state index contributed by atoms with van der Waals surface area (Å²) in [4.78, 5) is 16.8. The van der Waals surface area contributed by atoms with E-state index in [9.17, 15) is 9.18 Å². The molecular weight excluding hydrogens is 349 g/mol. The van der Waals surface area contributed by atoms with Gasteiger partial charge in [0.1, 0.15) is 22.4 Å². The monoisotopic (exact) mass is 363 g/mol. The Morgan fingerprint density at radius 1 is 0.962 bits per heavy atom. The molecule has 1 amide bonds. The lowest BCUT2D eigenvalue weighted by Gasteiger charge is -1.99. The molecule has 0 fully saturated rings. The van der Waals surface area contributed by atoms with Crippen LogP contribution >= 0.6 is 11.8 Å². The van der Waals surface area contributed by atoms with Gasteiger partial charge in [-0.15, -0.1) is 0 Å². The van der Waals surface area contributed by atoms with Crippen molar-refractivity contribution >= 4 is 28.8 Å². The third-order valence-electron chi connectivity index (χ3n) is 3.95. The van der Waals surface area contributed by atoms with Crippen molar-refractivity contribution in [2.24, 2.45) is 4.99 Å². The molecule has 0 N–H and O–H groups in total. The molecule has 3 aromatic rings. The van der Waals surface area contributed by atoms with Gasteiger partial charge in [-0.2, -0.15) is 0 Å². The standard InChI is InChI=1S/C21H14FNO2S/c1-13-2-4-15(5-3-13)21-23-20(24)19(26-21)12-17-10-11-18(25-17)14-6-8-16(22)9-7-14/h2-12H,1H3. The highest BCUT2D eigenvalue weighted by Crippen LogP contribution is 2.33. The van der Waals surface area contributed by atoms with Gasteiger partial charge in [0, 0.05) is 17.2 Å². The minimum atomic E-state index is -0.295. The van der Waals surface area contributed by atoms with E-state index in [4.69, 9.17) is 4.42 Å². The predicted molar refractivity (Wildman–Crippen MR) is 102 cm³/mol. The lowest BCUT2D eigenvalue weighted by atomic mass is 10.2. The minimum Gasteiger partial charge on any atom is -0.457 e. The average Bonchev–Trinajstić information content (AvgIpc) is 3.24. The molecule has 1 aromatic heterocycles. The fourth-order valence-electron chi connectivity index (χ4n) is 2.56. The van der Waals surface area contributed by atoms with Gasteiger partial charge >= 0.3 is 0 Å². The molecule has 1 aliphatic rings. The molecule has 0 atom stereocenters. The van der Waals surface area contributed by atoms with E-state index < -0.39 is 0 Å². The van der Waals surface area contributed by atoms with Crippen molar-refractivity contribution < 1.29 is 13.6 Å². The number of halogens is 1. The van der Waals surface area contributed by atoms with Gasteiger partial charge in [-0.3, -0.25) is 4.79 Å². The molecule has 0 aliphatic carbocycles. The van der Waals surface area contributed by atoms with Crippen molar-refractivity contribution in [1.82, 2.24) is 0 Å². The van der Waals surface area contributed by atoms with Crippen LogP contribution in [0.1, 0.15) is 16.9 Å². The van der Waals surface area contributed by atoms with Crippen molar-refractivity contribution in [2.75, 3.05) is 0 Å². The number of furan rings is 1. The lowest BCUT2D eigenvalue weighted by Crippen LogP contribution is -1.90. The van der Waals surface area contributed by atoms with Gasteiger partial charge < -0.3 is 4.42 Å². The van der Waals surface area contributed by atoms with E-state index in [2.05, 4.69) is 4.99 Å². The van der Waals surface area contributed by atoms with E-state index in [-0.39, 0.29) is 11.7 Å². The second kappa shape index (κ2) is 6.77. The molecule has 2 aromatic carbocycles. The van der Waals surface area contributed by atoms with Gasteiger partial charge in [0.15, 0.2) is 0 Å². The van der Waals surface area contributed by atoms with Crippen LogP contribution < -0.4 is 0 Å². The van der Waals surface area contributed by atoms with Crippen molar-refractivity contribution in [3.8, 4) is 11.3 Å². The zero-order valence-corrected chi connectivity index (χ0v) is 14.7. The van der Waals surface area contributed by atoms with E-state index in [0.29, 0.717) is 21.5 Å². The molecular formula is C21H14FNO2S. The van der Waals surface area contributed by atoms with Crippen LogP contribution in [0, 0.1) is 12.7 Å². The van der Waals surface area contributed by atoms with Crippen LogP contribution in [0.2, 0.25) is 0 Å². The number of amides is 1. The van der Waals surface area contributed by atoms with Gasteiger partial charge in [-0.1, -0.05) is 41.6 Å². The van der Waals surface area contributed by atoms with Gasteiger partial charge in [-0.05, 0) is 43.3 Å². The molecule has 0 saturated heterocycles. The van der Waals surface area contributed by atoms with Crippen molar-refractivity contribution in [3.05, 3.63) is 88.3 Å². The summed E-state index contributed by atoms with van der Waals surface area (Å²) < 4.78 is 18.8. The SMILES string of the molecule is Cc1ccc(C2=NC(=O)C(=Cc3ccc(-c4ccc(F)cc4)o3)S2)cc1. The molecule has 128 valence electrons. The molecule has 0 spiro atoms. The smallest absolute Gasteiger partial charge is 0.285 e. The molecule has 0 saturated carbocycles. The van der Waals surface area contributed by atoms with Crippen LogP contribution in [-0.4, -0.2) is 11.0 Å². The Balaban J connectivity index is 1.55. The van der Waals surface area contributed by atoms with Crippen LogP contribution in [-0.2, 0) is 4.79 Å². The number of hydrogen-bond donors (Lipinski definition) is 0. The summed E-state index contributed by atoms with van der Waals surface area (Å²) in [5, 5.41) is 0.687. The normalized spacial score (nSPS) is 15.5. The van der Waals surface area contributed by atoms with Crippen LogP contribution in [0.5, 0.6) is 0 Å². The molecule has 0 radical (unpaired) electrons. The van der Waals surface area contributed by atoms with E-state index in [0.717, 1.165) is 16.7 Å². The maximum Gasteiger partial charge on any atom is 0.285 e. The predicted octanol–water partition coefficient (Wildman–Crippen LogP) is 5.46. The topological polar surface area (TPSA) is 42.6 Å². The van der Waals surface area contributed by atoms with Crippen LogP contribution in [0.4, 0.5) is 4.39 Å². The summed E-state index contributed by atoms with van der Waals surface area (Å²) in [5.74, 6) is 0.606. The highest BCUT2D eigenvalue weighted by atomic mass is 32.2. The Bertz CT molecular complexity index is 1030. The molecule has 0 bridgehead atoms. The maximum atomic E-state index is 13.0. The third-order valence-corrected chi connectivity index (χ3v) is 4.98. The number of nitrogens with zero attached hydrogens (tertiary/aromatic N) is 1. The van der Waals surface area contributed by atoms with Gasteiger partial charge in [-0.25, -0.2) is 9.38 Å². The first-order valence-electron chi connectivity index (χ1n) is 8.04. The summed E-state index contributed by atoms with van der Waals surface area (Å²) in [6, 6.07) is 17.5. The number of aryl methyl sites for hydroxylation is 1. The Hall–Kier alpha value is -2.92. The summed E-state index contributed by atoms with van der Waals surface area (Å²) in [5.41, 5.74) is 2.85. The van der Waals surface area contributed by atoms with Gasteiger partial charge in [0.2, 0.25) is 0 Å². The summed E-state index contributed by atoms with van der Waals surface area (Å²) in [6.45, 7) is 2.01.